The normalized spacial score (nSPS) is 37.3. The number of hydrogen-bond donors (Lipinski definition) is 1. The molecule has 33 heavy (non-hydrogen) atoms. The van der Waals surface area contributed by atoms with Gasteiger partial charge in [0.25, 0.3) is 0 Å². The molecule has 0 aliphatic heterocycles. The summed E-state index contributed by atoms with van der Waals surface area (Å²) in [6, 6.07) is 3.77. The van der Waals surface area contributed by atoms with Crippen LogP contribution in [0.5, 0.6) is 0 Å². The van der Waals surface area contributed by atoms with E-state index in [0.29, 0.717) is 29.7 Å². The highest BCUT2D eigenvalue weighted by Crippen LogP contribution is 2.66. The topological polar surface area (TPSA) is 54.4 Å². The number of carbonyl (C=O) groups is 2. The van der Waals surface area contributed by atoms with Crippen LogP contribution in [0, 0.1) is 46.1 Å². The lowest BCUT2D eigenvalue weighted by Crippen LogP contribution is -2.50. The van der Waals surface area contributed by atoms with E-state index in [2.05, 4.69) is 19.9 Å². The molecule has 4 aliphatic carbocycles. The van der Waals surface area contributed by atoms with Crippen LogP contribution in [0.15, 0.2) is 41.5 Å². The molecule has 0 amide bonds. The van der Waals surface area contributed by atoms with Gasteiger partial charge < -0.3 is 5.11 Å². The number of benzene rings is 1. The minimum atomic E-state index is -0.820. The molecular formula is C28H32F2O3. The van der Waals surface area contributed by atoms with Gasteiger partial charge in [0.05, 0.1) is 0 Å². The van der Waals surface area contributed by atoms with Crippen molar-refractivity contribution in [1.29, 1.82) is 0 Å². The lowest BCUT2D eigenvalue weighted by atomic mass is 9.47. The molecule has 4 aliphatic rings. The van der Waals surface area contributed by atoms with Crippen molar-refractivity contribution in [2.45, 2.75) is 65.2 Å². The average molecular weight is 455 g/mol. The Morgan fingerprint density at radius 3 is 2.48 bits per heavy atom. The molecule has 1 aromatic carbocycles. The van der Waals surface area contributed by atoms with Crippen LogP contribution in [0.1, 0.15) is 64.4 Å². The van der Waals surface area contributed by atoms with Crippen LogP contribution in [-0.4, -0.2) is 16.9 Å². The zero-order chi connectivity index (χ0) is 23.5. The second kappa shape index (κ2) is 7.89. The average Bonchev–Trinajstić information content (AvgIpc) is 3.13. The number of aliphatic carboxylic acids is 1. The van der Waals surface area contributed by atoms with Crippen molar-refractivity contribution in [3.05, 3.63) is 58.7 Å². The Hall–Kier alpha value is -2.30. The largest absolute Gasteiger partial charge is 0.478 e. The highest BCUT2D eigenvalue weighted by Gasteiger charge is 2.59. The fraction of sp³-hybridized carbons (Fsp3) is 0.571. The zero-order valence-electron chi connectivity index (χ0n) is 19.4. The van der Waals surface area contributed by atoms with E-state index in [1.165, 1.54) is 23.8 Å². The Balaban J connectivity index is 1.39. The van der Waals surface area contributed by atoms with Crippen LogP contribution in [0.25, 0.3) is 0 Å². The monoisotopic (exact) mass is 454 g/mol. The first-order chi connectivity index (χ1) is 15.6. The van der Waals surface area contributed by atoms with Crippen molar-refractivity contribution in [3.63, 3.8) is 0 Å². The van der Waals surface area contributed by atoms with E-state index in [1.807, 2.05) is 6.08 Å². The molecular weight excluding hydrogens is 422 g/mol. The van der Waals surface area contributed by atoms with E-state index in [1.54, 1.807) is 0 Å². The molecule has 176 valence electrons. The summed E-state index contributed by atoms with van der Waals surface area (Å²) in [4.78, 5) is 24.8. The van der Waals surface area contributed by atoms with E-state index in [0.717, 1.165) is 38.5 Å². The van der Waals surface area contributed by atoms with Crippen molar-refractivity contribution in [3.8, 4) is 0 Å². The summed E-state index contributed by atoms with van der Waals surface area (Å²) in [5, 5.41) is 9.45. The van der Waals surface area contributed by atoms with Gasteiger partial charge in [0.2, 0.25) is 0 Å². The van der Waals surface area contributed by atoms with Crippen molar-refractivity contribution in [2.24, 2.45) is 34.5 Å². The summed E-state index contributed by atoms with van der Waals surface area (Å²) in [6.45, 7) is 4.53. The second-order valence-corrected chi connectivity index (χ2v) is 11.2. The summed E-state index contributed by atoms with van der Waals surface area (Å²) in [7, 11) is 0. The molecule has 0 aromatic heterocycles. The van der Waals surface area contributed by atoms with E-state index in [-0.39, 0.29) is 34.5 Å². The molecule has 0 heterocycles. The highest BCUT2D eigenvalue weighted by atomic mass is 19.1. The van der Waals surface area contributed by atoms with Crippen LogP contribution < -0.4 is 0 Å². The maximum Gasteiger partial charge on any atom is 0.331 e. The third kappa shape index (κ3) is 3.41. The van der Waals surface area contributed by atoms with Gasteiger partial charge in [-0.1, -0.05) is 26.0 Å². The number of carbonyl (C=O) groups excluding carboxylic acids is 1. The Labute approximate surface area is 194 Å². The number of rotatable bonds is 4. The zero-order valence-corrected chi connectivity index (χ0v) is 19.4. The number of allylic oxidation sites excluding steroid dienone is 3. The Kier molecular flexibility index (Phi) is 5.37. The first-order valence-electron chi connectivity index (χ1n) is 12.3. The van der Waals surface area contributed by atoms with Gasteiger partial charge in [-0.2, -0.15) is 0 Å². The van der Waals surface area contributed by atoms with Crippen LogP contribution in [-0.2, 0) is 16.0 Å². The second-order valence-electron chi connectivity index (χ2n) is 11.2. The van der Waals surface area contributed by atoms with Crippen molar-refractivity contribution < 1.29 is 23.5 Å². The molecule has 0 saturated heterocycles. The summed E-state index contributed by atoms with van der Waals surface area (Å²) in [5.41, 5.74) is 1.42. The van der Waals surface area contributed by atoms with Crippen LogP contribution in [0.4, 0.5) is 8.78 Å². The molecule has 2 fully saturated rings. The van der Waals surface area contributed by atoms with Gasteiger partial charge in [-0.05, 0) is 97.3 Å². The van der Waals surface area contributed by atoms with Gasteiger partial charge in [-0.3, -0.25) is 4.79 Å². The molecule has 2 saturated carbocycles. The number of ketones is 1. The maximum absolute atomic E-state index is 14.2. The lowest BCUT2D eigenvalue weighted by Gasteiger charge is -2.57. The van der Waals surface area contributed by atoms with Crippen LogP contribution >= 0.6 is 0 Å². The van der Waals surface area contributed by atoms with Gasteiger partial charge in [0, 0.05) is 23.5 Å². The van der Waals surface area contributed by atoms with Gasteiger partial charge in [0.15, 0.2) is 0 Å². The highest BCUT2D eigenvalue weighted by molar-refractivity contribution is 5.87. The minimum Gasteiger partial charge on any atom is -0.478 e. The molecule has 1 aromatic rings. The number of carboxylic acid groups (broad SMARTS) is 1. The number of halogens is 2. The fourth-order valence-electron chi connectivity index (χ4n) is 8.02. The van der Waals surface area contributed by atoms with E-state index in [9.17, 15) is 23.5 Å². The number of carboxylic acids is 1. The first-order valence-corrected chi connectivity index (χ1v) is 12.3. The van der Waals surface area contributed by atoms with E-state index < -0.39 is 17.6 Å². The Bertz CT molecular complexity index is 1050. The predicted molar refractivity (Wildman–Crippen MR) is 121 cm³/mol. The molecule has 1 N–H and O–H groups in total. The number of hydrogen-bond acceptors (Lipinski definition) is 2. The van der Waals surface area contributed by atoms with Crippen LogP contribution in [0.2, 0.25) is 0 Å². The summed E-state index contributed by atoms with van der Waals surface area (Å²) >= 11 is 0. The molecule has 0 bridgehead atoms. The molecule has 0 radical (unpaired) electrons. The third-order valence-electron chi connectivity index (χ3n) is 9.84. The standard InChI is InChI=1S/C28H32F2O3/c1-27-12-10-16(26(32)33)14-17(27)6-7-18-20-8-9-22(28(20,2)13-11-21(18)27)25(31)15-19-23(29)4-3-5-24(19)30/h3-6,14,18,20-22H,7-13,15H2,1-2H3,(H,32,33)/t18-,20-,21-,22+,27-,28-/m0/s1. The van der Waals surface area contributed by atoms with Crippen LogP contribution in [0.3, 0.4) is 0 Å². The van der Waals surface area contributed by atoms with E-state index in [4.69, 9.17) is 0 Å². The van der Waals surface area contributed by atoms with Crippen molar-refractivity contribution in [1.82, 2.24) is 0 Å². The minimum absolute atomic E-state index is 0.0123. The Morgan fingerprint density at radius 1 is 1.06 bits per heavy atom. The lowest BCUT2D eigenvalue weighted by molar-refractivity contribution is -0.133. The number of Topliss-reactive ketones (excluding diaryl/α,β-unsaturated/α-hetero) is 1. The fourth-order valence-corrected chi connectivity index (χ4v) is 8.02. The van der Waals surface area contributed by atoms with Crippen molar-refractivity contribution >= 4 is 11.8 Å². The predicted octanol–water partition coefficient (Wildman–Crippen LogP) is 6.28. The van der Waals surface area contributed by atoms with E-state index >= 15 is 0 Å². The summed E-state index contributed by atoms with van der Waals surface area (Å²) in [5.74, 6) is -0.931. The molecule has 0 spiro atoms. The Morgan fingerprint density at radius 2 is 1.79 bits per heavy atom. The molecule has 0 unspecified atom stereocenters. The number of fused-ring (bicyclic) bond motifs is 5. The van der Waals surface area contributed by atoms with Gasteiger partial charge in [-0.15, -0.1) is 0 Å². The molecule has 3 nitrogen and oxygen atoms in total. The third-order valence-corrected chi connectivity index (χ3v) is 9.84. The molecule has 6 atom stereocenters. The maximum atomic E-state index is 14.2. The van der Waals surface area contributed by atoms with Gasteiger partial charge in [-0.25, -0.2) is 13.6 Å². The summed E-state index contributed by atoms with van der Waals surface area (Å²) in [6.07, 6.45) is 10.1. The smallest absolute Gasteiger partial charge is 0.331 e. The molecule has 5 rings (SSSR count). The quantitative estimate of drug-likeness (QED) is 0.583. The molecule has 5 heteroatoms. The van der Waals surface area contributed by atoms with Gasteiger partial charge in [0.1, 0.15) is 17.4 Å². The van der Waals surface area contributed by atoms with Gasteiger partial charge >= 0.3 is 5.97 Å². The SMILES string of the molecule is C[C@]12CC[C@H]3[C@@H](CC=C4C=C(C(=O)O)CC[C@@]43C)[C@@H]1CC[C@@H]2C(=O)Cc1c(F)cccc1F. The first kappa shape index (κ1) is 22.5. The van der Waals surface area contributed by atoms with Crippen molar-refractivity contribution in [2.75, 3.05) is 0 Å². The summed E-state index contributed by atoms with van der Waals surface area (Å²) < 4.78 is 28.4.